The summed E-state index contributed by atoms with van der Waals surface area (Å²) in [4.78, 5) is 12.3. The van der Waals surface area contributed by atoms with Gasteiger partial charge in [0.2, 0.25) is 5.91 Å². The first-order valence-corrected chi connectivity index (χ1v) is 7.75. The van der Waals surface area contributed by atoms with Gasteiger partial charge < -0.3 is 15.4 Å². The van der Waals surface area contributed by atoms with Crippen molar-refractivity contribution < 1.29 is 9.53 Å². The van der Waals surface area contributed by atoms with Gasteiger partial charge in [-0.3, -0.25) is 4.79 Å². The predicted molar refractivity (Wildman–Crippen MR) is 84.3 cm³/mol. The Morgan fingerprint density at radius 3 is 2.71 bits per heavy atom. The van der Waals surface area contributed by atoms with Crippen LogP contribution in [0.2, 0.25) is 0 Å². The van der Waals surface area contributed by atoms with Crippen LogP contribution in [0.3, 0.4) is 0 Å². The summed E-state index contributed by atoms with van der Waals surface area (Å²) in [6.07, 6.45) is 0.149. The fourth-order valence-corrected chi connectivity index (χ4v) is 2.69. The standard InChI is InChI=1S/C17H26N2O2/c1-11(2)21-15-7-5-6-14(8-15)13(4)19-17(20)16-10-18-9-12(16)3/h5-8,11-13,16,18H,9-10H2,1-4H3,(H,19,20). The lowest BCUT2D eigenvalue weighted by atomic mass is 9.96. The molecule has 1 amide bonds. The van der Waals surface area contributed by atoms with E-state index in [0.29, 0.717) is 5.92 Å². The van der Waals surface area contributed by atoms with Crippen LogP contribution >= 0.6 is 0 Å². The molecule has 0 bridgehead atoms. The van der Waals surface area contributed by atoms with Crippen molar-refractivity contribution in [3.8, 4) is 5.75 Å². The van der Waals surface area contributed by atoms with Crippen molar-refractivity contribution >= 4 is 5.91 Å². The molecule has 1 aromatic rings. The molecule has 0 radical (unpaired) electrons. The van der Waals surface area contributed by atoms with Crippen molar-refractivity contribution in [2.45, 2.75) is 39.8 Å². The van der Waals surface area contributed by atoms with Crippen LogP contribution in [0, 0.1) is 11.8 Å². The van der Waals surface area contributed by atoms with Crippen LogP contribution in [0.15, 0.2) is 24.3 Å². The van der Waals surface area contributed by atoms with Gasteiger partial charge >= 0.3 is 0 Å². The summed E-state index contributed by atoms with van der Waals surface area (Å²) in [7, 11) is 0. The molecule has 2 N–H and O–H groups in total. The monoisotopic (exact) mass is 290 g/mol. The van der Waals surface area contributed by atoms with Crippen LogP contribution in [-0.2, 0) is 4.79 Å². The Hall–Kier alpha value is -1.55. The quantitative estimate of drug-likeness (QED) is 0.876. The molecule has 0 aliphatic carbocycles. The van der Waals surface area contributed by atoms with E-state index < -0.39 is 0 Å². The van der Waals surface area contributed by atoms with Crippen molar-refractivity contribution in [2.75, 3.05) is 13.1 Å². The molecular formula is C17H26N2O2. The summed E-state index contributed by atoms with van der Waals surface area (Å²) in [6, 6.07) is 7.92. The summed E-state index contributed by atoms with van der Waals surface area (Å²) < 4.78 is 5.70. The number of carbonyl (C=O) groups is 1. The van der Waals surface area contributed by atoms with Gasteiger partial charge in [0.1, 0.15) is 5.75 Å². The number of nitrogens with one attached hydrogen (secondary N) is 2. The third-order valence-electron chi connectivity index (χ3n) is 3.94. The maximum Gasteiger partial charge on any atom is 0.225 e. The van der Waals surface area contributed by atoms with Crippen molar-refractivity contribution in [3.05, 3.63) is 29.8 Å². The molecule has 21 heavy (non-hydrogen) atoms. The van der Waals surface area contributed by atoms with Crippen LogP contribution in [-0.4, -0.2) is 25.1 Å². The molecule has 3 atom stereocenters. The van der Waals surface area contributed by atoms with Crippen LogP contribution in [0.25, 0.3) is 0 Å². The third kappa shape index (κ3) is 4.21. The van der Waals surface area contributed by atoms with Gasteiger partial charge in [0, 0.05) is 6.54 Å². The topological polar surface area (TPSA) is 50.4 Å². The van der Waals surface area contributed by atoms with Crippen molar-refractivity contribution in [3.63, 3.8) is 0 Å². The van der Waals surface area contributed by atoms with E-state index >= 15 is 0 Å². The van der Waals surface area contributed by atoms with Gasteiger partial charge in [-0.05, 0) is 50.9 Å². The molecule has 1 saturated heterocycles. The van der Waals surface area contributed by atoms with Crippen LogP contribution in [0.5, 0.6) is 5.75 Å². The molecule has 2 rings (SSSR count). The molecule has 4 heteroatoms. The Balaban J connectivity index is 1.99. The number of hydrogen-bond acceptors (Lipinski definition) is 3. The maximum absolute atomic E-state index is 12.3. The molecule has 0 aromatic heterocycles. The molecule has 116 valence electrons. The van der Waals surface area contributed by atoms with Gasteiger partial charge in [0.05, 0.1) is 18.1 Å². The highest BCUT2D eigenvalue weighted by molar-refractivity contribution is 5.80. The van der Waals surface area contributed by atoms with Crippen molar-refractivity contribution in [2.24, 2.45) is 11.8 Å². The number of rotatable bonds is 5. The van der Waals surface area contributed by atoms with Crippen LogP contribution in [0.4, 0.5) is 0 Å². The minimum Gasteiger partial charge on any atom is -0.491 e. The summed E-state index contributed by atoms with van der Waals surface area (Å²) in [5.41, 5.74) is 1.07. The highest BCUT2D eigenvalue weighted by atomic mass is 16.5. The first kappa shape index (κ1) is 15.8. The highest BCUT2D eigenvalue weighted by Crippen LogP contribution is 2.22. The molecule has 1 aliphatic rings. The molecule has 0 spiro atoms. The zero-order chi connectivity index (χ0) is 15.4. The minimum atomic E-state index is -0.0130. The van der Waals surface area contributed by atoms with Gasteiger partial charge in [0.15, 0.2) is 0 Å². The molecular weight excluding hydrogens is 264 g/mol. The maximum atomic E-state index is 12.3. The zero-order valence-electron chi connectivity index (χ0n) is 13.3. The molecule has 4 nitrogen and oxygen atoms in total. The molecule has 1 aliphatic heterocycles. The predicted octanol–water partition coefficient (Wildman–Crippen LogP) is 2.51. The lowest BCUT2D eigenvalue weighted by Crippen LogP contribution is -2.35. The number of benzene rings is 1. The summed E-state index contributed by atoms with van der Waals surface area (Å²) >= 11 is 0. The second-order valence-corrected chi connectivity index (χ2v) is 6.21. The second-order valence-electron chi connectivity index (χ2n) is 6.21. The lowest BCUT2D eigenvalue weighted by Gasteiger charge is -2.20. The lowest BCUT2D eigenvalue weighted by molar-refractivity contribution is -0.126. The highest BCUT2D eigenvalue weighted by Gasteiger charge is 2.30. The first-order valence-electron chi connectivity index (χ1n) is 7.75. The normalized spacial score (nSPS) is 23.1. The largest absolute Gasteiger partial charge is 0.491 e. The average molecular weight is 290 g/mol. The Bertz CT molecular complexity index is 487. The van der Waals surface area contributed by atoms with E-state index in [4.69, 9.17) is 4.74 Å². The zero-order valence-corrected chi connectivity index (χ0v) is 13.3. The Labute approximate surface area is 127 Å². The van der Waals surface area contributed by atoms with E-state index in [-0.39, 0.29) is 24.0 Å². The van der Waals surface area contributed by atoms with E-state index in [1.165, 1.54) is 0 Å². The molecule has 3 unspecified atom stereocenters. The first-order chi connectivity index (χ1) is 9.97. The minimum absolute atomic E-state index is 0.0130. The fourth-order valence-electron chi connectivity index (χ4n) is 2.69. The van der Waals surface area contributed by atoms with E-state index in [2.05, 4.69) is 17.6 Å². The fraction of sp³-hybridized carbons (Fsp3) is 0.588. The number of hydrogen-bond donors (Lipinski definition) is 2. The van der Waals surface area contributed by atoms with E-state index in [0.717, 1.165) is 24.4 Å². The van der Waals surface area contributed by atoms with Gasteiger partial charge in [-0.15, -0.1) is 0 Å². The molecule has 1 heterocycles. The number of amides is 1. The van der Waals surface area contributed by atoms with Gasteiger partial charge in [-0.2, -0.15) is 0 Å². The van der Waals surface area contributed by atoms with E-state index in [1.807, 2.05) is 45.0 Å². The average Bonchev–Trinajstić information content (AvgIpc) is 2.84. The Morgan fingerprint density at radius 1 is 1.33 bits per heavy atom. The van der Waals surface area contributed by atoms with Gasteiger partial charge in [0.25, 0.3) is 0 Å². The van der Waals surface area contributed by atoms with Crippen molar-refractivity contribution in [1.82, 2.24) is 10.6 Å². The van der Waals surface area contributed by atoms with Crippen molar-refractivity contribution in [1.29, 1.82) is 0 Å². The molecule has 0 saturated carbocycles. The van der Waals surface area contributed by atoms with Crippen LogP contribution < -0.4 is 15.4 Å². The molecule has 1 fully saturated rings. The third-order valence-corrected chi connectivity index (χ3v) is 3.94. The second kappa shape index (κ2) is 6.94. The summed E-state index contributed by atoms with van der Waals surface area (Å²) in [6.45, 7) is 9.84. The smallest absolute Gasteiger partial charge is 0.225 e. The summed E-state index contributed by atoms with van der Waals surface area (Å²) in [5.74, 6) is 1.45. The van der Waals surface area contributed by atoms with E-state index in [9.17, 15) is 4.79 Å². The number of ether oxygens (including phenoxy) is 1. The molecule has 1 aromatic carbocycles. The van der Waals surface area contributed by atoms with E-state index in [1.54, 1.807) is 0 Å². The van der Waals surface area contributed by atoms with Crippen LogP contribution in [0.1, 0.15) is 39.3 Å². The van der Waals surface area contributed by atoms with Gasteiger partial charge in [-0.1, -0.05) is 19.1 Å². The van der Waals surface area contributed by atoms with Gasteiger partial charge in [-0.25, -0.2) is 0 Å². The Kier molecular flexibility index (Phi) is 5.23. The Morgan fingerprint density at radius 2 is 2.10 bits per heavy atom. The summed E-state index contributed by atoms with van der Waals surface area (Å²) in [5, 5.41) is 6.38. The number of carbonyl (C=O) groups excluding carboxylic acids is 1. The SMILES string of the molecule is CC(C)Oc1cccc(C(C)NC(=O)C2CNCC2C)c1.